The van der Waals surface area contributed by atoms with Gasteiger partial charge in [0.2, 0.25) is 0 Å². The Labute approximate surface area is 120 Å². The third kappa shape index (κ3) is 3.35. The van der Waals surface area contributed by atoms with Crippen molar-refractivity contribution in [3.8, 4) is 11.5 Å². The van der Waals surface area contributed by atoms with Gasteiger partial charge < -0.3 is 9.88 Å². The van der Waals surface area contributed by atoms with Gasteiger partial charge in [0.25, 0.3) is 0 Å². The number of imidazole rings is 1. The predicted octanol–water partition coefficient (Wildman–Crippen LogP) is 3.13. The molecule has 0 radical (unpaired) electrons. The van der Waals surface area contributed by atoms with Crippen LogP contribution in [0.2, 0.25) is 0 Å². The van der Waals surface area contributed by atoms with E-state index in [9.17, 15) is 0 Å². The van der Waals surface area contributed by atoms with Crippen molar-refractivity contribution in [3.05, 3.63) is 24.3 Å². The SMILES string of the molecule is CCCNc1cc(-c2nccn2CC)nc(CCC)n1. The zero-order valence-electron chi connectivity index (χ0n) is 12.6. The Kier molecular flexibility index (Phi) is 5.09. The second kappa shape index (κ2) is 7.03. The van der Waals surface area contributed by atoms with Crippen molar-refractivity contribution < 1.29 is 0 Å². The molecule has 0 fully saturated rings. The van der Waals surface area contributed by atoms with E-state index >= 15 is 0 Å². The van der Waals surface area contributed by atoms with Gasteiger partial charge in [0.05, 0.1) is 0 Å². The molecule has 0 spiro atoms. The van der Waals surface area contributed by atoms with Crippen molar-refractivity contribution in [2.45, 2.75) is 46.6 Å². The molecule has 2 rings (SSSR count). The van der Waals surface area contributed by atoms with Crippen LogP contribution in [0, 0.1) is 0 Å². The molecule has 0 atom stereocenters. The third-order valence-corrected chi connectivity index (χ3v) is 3.09. The Bertz CT molecular complexity index is 547. The van der Waals surface area contributed by atoms with Crippen molar-refractivity contribution in [1.82, 2.24) is 19.5 Å². The molecule has 0 unspecified atom stereocenters. The molecule has 1 N–H and O–H groups in total. The molecule has 108 valence electrons. The minimum Gasteiger partial charge on any atom is -0.370 e. The smallest absolute Gasteiger partial charge is 0.158 e. The lowest BCUT2D eigenvalue weighted by molar-refractivity contribution is 0.763. The highest BCUT2D eigenvalue weighted by molar-refractivity contribution is 5.55. The normalized spacial score (nSPS) is 10.8. The molecule has 0 aliphatic heterocycles. The zero-order valence-corrected chi connectivity index (χ0v) is 12.6. The molecule has 0 aliphatic rings. The first-order valence-electron chi connectivity index (χ1n) is 7.41. The fourth-order valence-electron chi connectivity index (χ4n) is 2.09. The minimum atomic E-state index is 0.884. The molecule has 0 bridgehead atoms. The first-order valence-corrected chi connectivity index (χ1v) is 7.41. The highest BCUT2D eigenvalue weighted by atomic mass is 15.1. The lowest BCUT2D eigenvalue weighted by Crippen LogP contribution is -2.07. The molecule has 5 nitrogen and oxygen atoms in total. The maximum absolute atomic E-state index is 4.65. The van der Waals surface area contributed by atoms with Crippen LogP contribution < -0.4 is 5.32 Å². The van der Waals surface area contributed by atoms with Crippen LogP contribution in [0.3, 0.4) is 0 Å². The van der Waals surface area contributed by atoms with Gasteiger partial charge in [-0.3, -0.25) is 0 Å². The molecule has 2 aromatic rings. The number of hydrogen-bond donors (Lipinski definition) is 1. The van der Waals surface area contributed by atoms with Crippen LogP contribution in [-0.4, -0.2) is 26.1 Å². The maximum Gasteiger partial charge on any atom is 0.158 e. The molecule has 2 heterocycles. The van der Waals surface area contributed by atoms with Gasteiger partial charge in [-0.05, 0) is 19.8 Å². The van der Waals surface area contributed by atoms with Crippen molar-refractivity contribution in [2.24, 2.45) is 0 Å². The first-order chi connectivity index (χ1) is 9.78. The Balaban J connectivity index is 2.38. The van der Waals surface area contributed by atoms with Gasteiger partial charge in [-0.25, -0.2) is 15.0 Å². The highest BCUT2D eigenvalue weighted by Crippen LogP contribution is 2.19. The number of hydrogen-bond acceptors (Lipinski definition) is 4. The minimum absolute atomic E-state index is 0.884. The highest BCUT2D eigenvalue weighted by Gasteiger charge is 2.10. The van der Waals surface area contributed by atoms with Gasteiger partial charge >= 0.3 is 0 Å². The van der Waals surface area contributed by atoms with Crippen LogP contribution in [0.4, 0.5) is 5.82 Å². The van der Waals surface area contributed by atoms with E-state index < -0.39 is 0 Å². The van der Waals surface area contributed by atoms with Crippen LogP contribution >= 0.6 is 0 Å². The van der Waals surface area contributed by atoms with E-state index in [2.05, 4.69) is 45.6 Å². The summed E-state index contributed by atoms with van der Waals surface area (Å²) in [6.07, 6.45) is 6.81. The van der Waals surface area contributed by atoms with Crippen LogP contribution in [0.15, 0.2) is 18.5 Å². The van der Waals surface area contributed by atoms with E-state index in [0.717, 1.165) is 55.5 Å². The summed E-state index contributed by atoms with van der Waals surface area (Å²) >= 11 is 0. The summed E-state index contributed by atoms with van der Waals surface area (Å²) < 4.78 is 2.10. The van der Waals surface area contributed by atoms with Gasteiger partial charge in [0.1, 0.15) is 17.3 Å². The van der Waals surface area contributed by atoms with Crippen LogP contribution in [0.1, 0.15) is 39.4 Å². The van der Waals surface area contributed by atoms with Gasteiger partial charge in [-0.15, -0.1) is 0 Å². The standard InChI is InChI=1S/C15H23N5/c1-4-7-13-18-12(11-14(19-13)16-8-5-2)15-17-9-10-20(15)6-3/h9-11H,4-8H2,1-3H3,(H,16,18,19). The molecular formula is C15H23N5. The summed E-state index contributed by atoms with van der Waals surface area (Å²) in [6.45, 7) is 8.20. The predicted molar refractivity (Wildman–Crippen MR) is 81.7 cm³/mol. The second-order valence-corrected chi connectivity index (χ2v) is 4.77. The molecule has 0 saturated carbocycles. The molecule has 0 saturated heterocycles. The van der Waals surface area contributed by atoms with Crippen molar-refractivity contribution in [1.29, 1.82) is 0 Å². The number of aryl methyl sites for hydroxylation is 2. The maximum atomic E-state index is 4.65. The molecule has 0 amide bonds. The van der Waals surface area contributed by atoms with E-state index in [1.54, 1.807) is 0 Å². The van der Waals surface area contributed by atoms with E-state index in [1.807, 2.05) is 18.5 Å². The molecular weight excluding hydrogens is 250 g/mol. The fourth-order valence-corrected chi connectivity index (χ4v) is 2.09. The van der Waals surface area contributed by atoms with Crippen molar-refractivity contribution >= 4 is 5.82 Å². The second-order valence-electron chi connectivity index (χ2n) is 4.77. The average Bonchev–Trinajstić information content (AvgIpc) is 2.93. The van der Waals surface area contributed by atoms with Crippen LogP contribution in [0.5, 0.6) is 0 Å². The van der Waals surface area contributed by atoms with Crippen LogP contribution in [0.25, 0.3) is 11.5 Å². The molecule has 5 heteroatoms. The lowest BCUT2D eigenvalue weighted by Gasteiger charge is -2.10. The Hall–Kier alpha value is -1.91. The lowest BCUT2D eigenvalue weighted by atomic mass is 10.3. The number of aromatic nitrogens is 4. The molecule has 2 aromatic heterocycles. The van der Waals surface area contributed by atoms with Gasteiger partial charge in [0, 0.05) is 38.0 Å². The Morgan fingerprint density at radius 1 is 1.15 bits per heavy atom. The molecule has 0 aromatic carbocycles. The number of nitrogens with zero attached hydrogens (tertiary/aromatic N) is 4. The number of nitrogens with one attached hydrogen (secondary N) is 1. The summed E-state index contributed by atoms with van der Waals surface area (Å²) in [7, 11) is 0. The largest absolute Gasteiger partial charge is 0.370 e. The summed E-state index contributed by atoms with van der Waals surface area (Å²) in [6, 6.07) is 1.99. The van der Waals surface area contributed by atoms with Gasteiger partial charge in [-0.1, -0.05) is 13.8 Å². The summed E-state index contributed by atoms with van der Waals surface area (Å²) in [5.41, 5.74) is 0.897. The fraction of sp³-hybridized carbons (Fsp3) is 0.533. The van der Waals surface area contributed by atoms with Crippen LogP contribution in [-0.2, 0) is 13.0 Å². The Morgan fingerprint density at radius 2 is 2.00 bits per heavy atom. The quantitative estimate of drug-likeness (QED) is 0.842. The topological polar surface area (TPSA) is 55.6 Å². The third-order valence-electron chi connectivity index (χ3n) is 3.09. The van der Waals surface area contributed by atoms with E-state index in [4.69, 9.17) is 0 Å². The van der Waals surface area contributed by atoms with E-state index in [-0.39, 0.29) is 0 Å². The van der Waals surface area contributed by atoms with Gasteiger partial charge in [-0.2, -0.15) is 0 Å². The first kappa shape index (κ1) is 14.5. The summed E-state index contributed by atoms with van der Waals surface area (Å²) in [4.78, 5) is 13.6. The van der Waals surface area contributed by atoms with Crippen molar-refractivity contribution in [3.63, 3.8) is 0 Å². The van der Waals surface area contributed by atoms with E-state index in [1.165, 1.54) is 0 Å². The van der Waals surface area contributed by atoms with E-state index in [0.29, 0.717) is 0 Å². The molecule has 0 aliphatic carbocycles. The van der Waals surface area contributed by atoms with Crippen molar-refractivity contribution in [2.75, 3.05) is 11.9 Å². The monoisotopic (exact) mass is 273 g/mol. The number of anilines is 1. The molecule has 20 heavy (non-hydrogen) atoms. The summed E-state index contributed by atoms with van der Waals surface area (Å²) in [5, 5.41) is 3.34. The summed E-state index contributed by atoms with van der Waals surface area (Å²) in [5.74, 6) is 2.69. The van der Waals surface area contributed by atoms with Gasteiger partial charge in [0.15, 0.2) is 5.82 Å². The number of rotatable bonds is 7. The Morgan fingerprint density at radius 3 is 2.70 bits per heavy atom. The average molecular weight is 273 g/mol. The zero-order chi connectivity index (χ0) is 14.4.